The largest absolute Gasteiger partial charge is 0.336 e. The summed E-state index contributed by atoms with van der Waals surface area (Å²) in [4.78, 5) is 19.6. The molecule has 2 rings (SSSR count). The lowest BCUT2D eigenvalue weighted by atomic mass is 10.1. The molecule has 0 aromatic heterocycles. The molecule has 0 aliphatic heterocycles. The number of benzene rings is 1. The van der Waals surface area contributed by atoms with E-state index < -0.39 is 10.0 Å². The van der Waals surface area contributed by atoms with E-state index >= 15 is 0 Å². The number of sulfonamides is 1. The molecule has 0 heterocycles. The smallest absolute Gasteiger partial charge is 0.264 e. The van der Waals surface area contributed by atoms with Gasteiger partial charge in [0.1, 0.15) is 0 Å². The van der Waals surface area contributed by atoms with E-state index in [0.29, 0.717) is 18.0 Å². The summed E-state index contributed by atoms with van der Waals surface area (Å²) in [5.74, 6) is 0.413. The highest BCUT2D eigenvalue weighted by Crippen LogP contribution is 2.29. The van der Waals surface area contributed by atoms with E-state index in [9.17, 15) is 13.2 Å². The Labute approximate surface area is 144 Å². The fourth-order valence-corrected chi connectivity index (χ4v) is 3.45. The molecule has 0 spiro atoms. The Morgan fingerprint density at radius 2 is 2.00 bits per heavy atom. The Kier molecular flexibility index (Phi) is 6.01. The van der Waals surface area contributed by atoms with E-state index in [1.165, 1.54) is 26.3 Å². The SMILES string of the molecule is CON(C)S(=O)(=O)c1cccc(C(=O)N(CCC(C)C)C2CC2)c1. The molecule has 1 aromatic rings. The summed E-state index contributed by atoms with van der Waals surface area (Å²) in [5.41, 5.74) is 0.399. The normalized spacial score (nSPS) is 15.1. The molecule has 7 heteroatoms. The predicted molar refractivity (Wildman–Crippen MR) is 91.9 cm³/mol. The number of nitrogens with zero attached hydrogens (tertiary/aromatic N) is 2. The van der Waals surface area contributed by atoms with E-state index in [4.69, 9.17) is 4.84 Å². The predicted octanol–water partition coefficient (Wildman–Crippen LogP) is 2.52. The van der Waals surface area contributed by atoms with Crippen LogP contribution in [0, 0.1) is 5.92 Å². The molecule has 0 bridgehead atoms. The summed E-state index contributed by atoms with van der Waals surface area (Å²) in [5, 5.41) is 0. The number of rotatable bonds is 8. The summed E-state index contributed by atoms with van der Waals surface area (Å²) in [6.45, 7) is 4.96. The highest BCUT2D eigenvalue weighted by atomic mass is 32.2. The fourth-order valence-electron chi connectivity index (χ4n) is 2.44. The molecule has 134 valence electrons. The van der Waals surface area contributed by atoms with Crippen molar-refractivity contribution in [2.75, 3.05) is 20.7 Å². The van der Waals surface area contributed by atoms with Gasteiger partial charge in [0, 0.05) is 25.2 Å². The van der Waals surface area contributed by atoms with Crippen LogP contribution in [0.25, 0.3) is 0 Å². The molecular formula is C17H26N2O4S. The molecule has 24 heavy (non-hydrogen) atoms. The first kappa shape index (κ1) is 18.9. The van der Waals surface area contributed by atoms with Crippen LogP contribution in [0.4, 0.5) is 0 Å². The van der Waals surface area contributed by atoms with Crippen LogP contribution in [0.2, 0.25) is 0 Å². The molecular weight excluding hydrogens is 328 g/mol. The Bertz CT molecular complexity index is 684. The topological polar surface area (TPSA) is 66.9 Å². The summed E-state index contributed by atoms with van der Waals surface area (Å²) >= 11 is 0. The molecule has 0 unspecified atom stereocenters. The molecule has 1 aromatic carbocycles. The maximum atomic E-state index is 12.8. The molecule has 1 aliphatic carbocycles. The minimum Gasteiger partial charge on any atom is -0.336 e. The molecule has 1 amide bonds. The van der Waals surface area contributed by atoms with E-state index in [1.54, 1.807) is 12.1 Å². The molecule has 0 radical (unpaired) electrons. The quantitative estimate of drug-likeness (QED) is 0.673. The van der Waals surface area contributed by atoms with Gasteiger partial charge in [-0.05, 0) is 43.4 Å². The van der Waals surface area contributed by atoms with Crippen molar-refractivity contribution in [3.05, 3.63) is 29.8 Å². The van der Waals surface area contributed by atoms with E-state index in [1.807, 2.05) is 4.90 Å². The monoisotopic (exact) mass is 354 g/mol. The first-order valence-electron chi connectivity index (χ1n) is 8.21. The Morgan fingerprint density at radius 1 is 1.33 bits per heavy atom. The van der Waals surface area contributed by atoms with Crippen molar-refractivity contribution in [1.82, 2.24) is 9.37 Å². The second-order valence-electron chi connectivity index (χ2n) is 6.54. The van der Waals surface area contributed by atoms with Crippen LogP contribution in [0.5, 0.6) is 0 Å². The van der Waals surface area contributed by atoms with Gasteiger partial charge >= 0.3 is 0 Å². The lowest BCUT2D eigenvalue weighted by molar-refractivity contribution is -0.0258. The zero-order valence-electron chi connectivity index (χ0n) is 14.7. The highest BCUT2D eigenvalue weighted by molar-refractivity contribution is 7.89. The van der Waals surface area contributed by atoms with Gasteiger partial charge in [-0.15, -0.1) is 0 Å². The minimum atomic E-state index is -3.76. The van der Waals surface area contributed by atoms with Gasteiger partial charge in [-0.1, -0.05) is 24.4 Å². The van der Waals surface area contributed by atoms with Crippen molar-refractivity contribution < 1.29 is 18.0 Å². The number of hydroxylamine groups is 1. The van der Waals surface area contributed by atoms with Gasteiger partial charge in [0.2, 0.25) is 0 Å². The molecule has 1 aliphatic rings. The van der Waals surface area contributed by atoms with Crippen LogP contribution in [0.3, 0.4) is 0 Å². The van der Waals surface area contributed by atoms with Gasteiger partial charge in [-0.2, -0.15) is 0 Å². The van der Waals surface area contributed by atoms with Crippen LogP contribution in [0.1, 0.15) is 43.5 Å². The molecule has 1 fully saturated rings. The molecule has 0 saturated heterocycles. The number of carbonyl (C=O) groups is 1. The first-order chi connectivity index (χ1) is 11.3. The van der Waals surface area contributed by atoms with Gasteiger partial charge < -0.3 is 4.90 Å². The maximum Gasteiger partial charge on any atom is 0.264 e. The Morgan fingerprint density at radius 3 is 2.54 bits per heavy atom. The Balaban J connectivity index is 2.24. The van der Waals surface area contributed by atoms with Crippen molar-refractivity contribution in [3.8, 4) is 0 Å². The Hall–Kier alpha value is -1.44. The summed E-state index contributed by atoms with van der Waals surface area (Å²) in [6, 6.07) is 6.45. The maximum absolute atomic E-state index is 12.8. The average molecular weight is 354 g/mol. The van der Waals surface area contributed by atoms with Crippen molar-refractivity contribution in [3.63, 3.8) is 0 Å². The fraction of sp³-hybridized carbons (Fsp3) is 0.588. The second-order valence-corrected chi connectivity index (χ2v) is 8.47. The van der Waals surface area contributed by atoms with E-state index in [2.05, 4.69) is 13.8 Å². The number of hydrogen-bond donors (Lipinski definition) is 0. The van der Waals surface area contributed by atoms with Gasteiger partial charge in [0.25, 0.3) is 15.9 Å². The summed E-state index contributed by atoms with van der Waals surface area (Å²) < 4.78 is 25.5. The van der Waals surface area contributed by atoms with Crippen molar-refractivity contribution >= 4 is 15.9 Å². The third-order valence-corrected chi connectivity index (χ3v) is 5.85. The van der Waals surface area contributed by atoms with Crippen LogP contribution in [-0.4, -0.2) is 50.4 Å². The molecule has 1 saturated carbocycles. The van der Waals surface area contributed by atoms with Crippen molar-refractivity contribution in [1.29, 1.82) is 0 Å². The first-order valence-corrected chi connectivity index (χ1v) is 9.65. The molecule has 0 N–H and O–H groups in total. The minimum absolute atomic E-state index is 0.0531. The van der Waals surface area contributed by atoms with E-state index in [0.717, 1.165) is 23.7 Å². The zero-order chi connectivity index (χ0) is 17.9. The van der Waals surface area contributed by atoms with Gasteiger partial charge in [-0.3, -0.25) is 9.63 Å². The van der Waals surface area contributed by atoms with Gasteiger partial charge in [0.05, 0.1) is 12.0 Å². The van der Waals surface area contributed by atoms with Gasteiger partial charge in [-0.25, -0.2) is 8.42 Å². The van der Waals surface area contributed by atoms with Crippen LogP contribution in [0.15, 0.2) is 29.2 Å². The lowest BCUT2D eigenvalue weighted by Gasteiger charge is -2.24. The molecule has 6 nitrogen and oxygen atoms in total. The standard InChI is InChI=1S/C17H26N2O4S/c1-13(2)10-11-19(15-8-9-15)17(20)14-6-5-7-16(12-14)24(21,22)18(3)23-4/h5-7,12-13,15H,8-11H2,1-4H3. The lowest BCUT2D eigenvalue weighted by Crippen LogP contribution is -2.34. The van der Waals surface area contributed by atoms with Gasteiger partial charge in [0.15, 0.2) is 0 Å². The third kappa shape index (κ3) is 4.34. The molecule has 0 atom stereocenters. The summed E-state index contributed by atoms with van der Waals surface area (Å²) in [6.07, 6.45) is 2.98. The zero-order valence-corrected chi connectivity index (χ0v) is 15.5. The van der Waals surface area contributed by atoms with E-state index in [-0.39, 0.29) is 16.8 Å². The average Bonchev–Trinajstić information content (AvgIpc) is 3.38. The highest BCUT2D eigenvalue weighted by Gasteiger charge is 2.33. The van der Waals surface area contributed by atoms with Crippen LogP contribution >= 0.6 is 0 Å². The van der Waals surface area contributed by atoms with Crippen molar-refractivity contribution in [2.45, 2.75) is 44.0 Å². The summed E-state index contributed by atoms with van der Waals surface area (Å²) in [7, 11) is -1.15. The van der Waals surface area contributed by atoms with Crippen LogP contribution < -0.4 is 0 Å². The number of hydrogen-bond acceptors (Lipinski definition) is 4. The van der Waals surface area contributed by atoms with Crippen molar-refractivity contribution in [2.24, 2.45) is 5.92 Å². The number of amides is 1. The third-order valence-electron chi connectivity index (χ3n) is 4.17. The van der Waals surface area contributed by atoms with Crippen LogP contribution in [-0.2, 0) is 14.9 Å². The number of carbonyl (C=O) groups excluding carboxylic acids is 1. The second kappa shape index (κ2) is 7.63.